The third-order valence-corrected chi connectivity index (χ3v) is 10.4. The average molecular weight is 849 g/mol. The molecule has 0 heterocycles. The third-order valence-electron chi connectivity index (χ3n) is 10.4. The summed E-state index contributed by atoms with van der Waals surface area (Å²) in [5.41, 5.74) is 0. The van der Waals surface area contributed by atoms with Crippen molar-refractivity contribution in [2.75, 3.05) is 13.2 Å². The van der Waals surface area contributed by atoms with E-state index in [0.717, 1.165) is 89.9 Å². The minimum absolute atomic E-state index is 0.102. The van der Waals surface area contributed by atoms with E-state index in [0.29, 0.717) is 19.3 Å². The van der Waals surface area contributed by atoms with E-state index in [1.165, 1.54) is 89.9 Å². The van der Waals surface area contributed by atoms with E-state index in [4.69, 9.17) is 14.2 Å². The van der Waals surface area contributed by atoms with Crippen LogP contribution in [0.5, 0.6) is 0 Å². The summed E-state index contributed by atoms with van der Waals surface area (Å²) in [6.45, 7) is 6.40. The maximum absolute atomic E-state index is 12.8. The fraction of sp³-hybridized carbons (Fsp3) is 0.691. The Morgan fingerprint density at radius 2 is 0.705 bits per heavy atom. The standard InChI is InChI=1S/C55H92O6/c1-4-7-10-13-16-19-22-25-26-27-28-31-33-36-39-42-45-48-54(57)60-51-52(61-55(58)49-46-43-40-37-34-30-24-21-18-15-12-9-6-3)50-59-53(56)47-44-41-38-35-32-29-23-20-17-14-11-8-5-2/h9,12,15-16,18-19,21,24-26,29-30,32,34,52H,4-8,10-11,13-14,17,20,22-23,27-28,31,33,35-51H2,1-3H3/b12-9+,18-15+,19-16+,24-21+,26-25+,32-29+,34-30+. The molecule has 6 heteroatoms. The zero-order valence-electron chi connectivity index (χ0n) is 39.7. The Hall–Kier alpha value is -3.41. The largest absolute Gasteiger partial charge is 0.462 e. The van der Waals surface area contributed by atoms with Crippen LogP contribution in [0.1, 0.15) is 226 Å². The SMILES string of the molecule is CC/C=C/C=C/C=C/C=C/CCCCCC(=O)OC(COC(=O)CCCCC/C=C/CCCCCCCC)COC(=O)CCCCCCCCC/C=C/C/C=C/CCCCC. The van der Waals surface area contributed by atoms with E-state index in [1.807, 2.05) is 36.5 Å². The van der Waals surface area contributed by atoms with Gasteiger partial charge < -0.3 is 14.2 Å². The first-order valence-electron chi connectivity index (χ1n) is 25.1. The molecule has 0 bridgehead atoms. The first-order valence-corrected chi connectivity index (χ1v) is 25.1. The molecule has 0 radical (unpaired) electrons. The van der Waals surface area contributed by atoms with Gasteiger partial charge in [-0.2, -0.15) is 0 Å². The molecule has 6 nitrogen and oxygen atoms in total. The van der Waals surface area contributed by atoms with Gasteiger partial charge in [0.2, 0.25) is 0 Å². The third kappa shape index (κ3) is 47.5. The van der Waals surface area contributed by atoms with E-state index in [9.17, 15) is 14.4 Å². The van der Waals surface area contributed by atoms with Crippen molar-refractivity contribution >= 4 is 17.9 Å². The Morgan fingerprint density at radius 1 is 0.361 bits per heavy atom. The maximum atomic E-state index is 12.8. The Kier molecular flexibility index (Phi) is 46.5. The van der Waals surface area contributed by atoms with Crippen LogP contribution in [0.25, 0.3) is 0 Å². The monoisotopic (exact) mass is 849 g/mol. The lowest BCUT2D eigenvalue weighted by molar-refractivity contribution is -0.167. The van der Waals surface area contributed by atoms with Crippen LogP contribution in [0.15, 0.2) is 85.1 Å². The zero-order valence-corrected chi connectivity index (χ0v) is 39.7. The predicted octanol–water partition coefficient (Wildman–Crippen LogP) is 16.4. The van der Waals surface area contributed by atoms with Gasteiger partial charge in [0, 0.05) is 19.3 Å². The van der Waals surface area contributed by atoms with Crippen LogP contribution in [0.4, 0.5) is 0 Å². The number of carbonyl (C=O) groups is 3. The average Bonchev–Trinajstić information content (AvgIpc) is 3.26. The Labute approximate surface area is 375 Å². The van der Waals surface area contributed by atoms with E-state index in [1.54, 1.807) is 0 Å². The van der Waals surface area contributed by atoms with Crippen LogP contribution < -0.4 is 0 Å². The number of ether oxygens (including phenoxy) is 3. The Balaban J connectivity index is 4.46. The van der Waals surface area contributed by atoms with Crippen LogP contribution >= 0.6 is 0 Å². The molecule has 0 aromatic heterocycles. The highest BCUT2D eigenvalue weighted by molar-refractivity contribution is 5.71. The van der Waals surface area contributed by atoms with Gasteiger partial charge in [0.05, 0.1) is 0 Å². The molecule has 0 rings (SSSR count). The predicted molar refractivity (Wildman–Crippen MR) is 261 cm³/mol. The number of rotatable bonds is 44. The molecule has 348 valence electrons. The fourth-order valence-electron chi connectivity index (χ4n) is 6.65. The van der Waals surface area contributed by atoms with Crippen molar-refractivity contribution in [3.63, 3.8) is 0 Å². The molecule has 0 saturated carbocycles. The summed E-state index contributed by atoms with van der Waals surface area (Å²) < 4.78 is 16.7. The van der Waals surface area contributed by atoms with Gasteiger partial charge >= 0.3 is 17.9 Å². The van der Waals surface area contributed by atoms with Crippen molar-refractivity contribution < 1.29 is 28.6 Å². The molecule has 0 N–H and O–H groups in total. The Morgan fingerprint density at radius 3 is 1.20 bits per heavy atom. The van der Waals surface area contributed by atoms with Crippen molar-refractivity contribution in [1.82, 2.24) is 0 Å². The van der Waals surface area contributed by atoms with Crippen LogP contribution in [0.3, 0.4) is 0 Å². The molecule has 0 aliphatic heterocycles. The first kappa shape index (κ1) is 57.6. The lowest BCUT2D eigenvalue weighted by atomic mass is 10.1. The molecule has 61 heavy (non-hydrogen) atoms. The van der Waals surface area contributed by atoms with Gasteiger partial charge in [0.15, 0.2) is 6.10 Å². The molecule has 0 spiro atoms. The topological polar surface area (TPSA) is 78.9 Å². The van der Waals surface area contributed by atoms with E-state index in [-0.39, 0.29) is 37.5 Å². The fourth-order valence-corrected chi connectivity index (χ4v) is 6.65. The summed E-state index contributed by atoms with van der Waals surface area (Å²) in [4.78, 5) is 37.9. The minimum atomic E-state index is -0.805. The van der Waals surface area contributed by atoms with Gasteiger partial charge in [-0.3, -0.25) is 14.4 Å². The molecule has 1 unspecified atom stereocenters. The number of allylic oxidation sites excluding steroid dienone is 14. The molecule has 0 aliphatic rings. The highest BCUT2D eigenvalue weighted by Gasteiger charge is 2.19. The molecule has 1 atom stereocenters. The molecule has 0 aromatic rings. The first-order chi connectivity index (χ1) is 30.0. The van der Waals surface area contributed by atoms with Gasteiger partial charge in [0.1, 0.15) is 13.2 Å². The summed E-state index contributed by atoms with van der Waals surface area (Å²) in [6, 6.07) is 0. The van der Waals surface area contributed by atoms with Crippen molar-refractivity contribution in [3.8, 4) is 0 Å². The molecule has 0 fully saturated rings. The minimum Gasteiger partial charge on any atom is -0.462 e. The van der Waals surface area contributed by atoms with Gasteiger partial charge in [0.25, 0.3) is 0 Å². The van der Waals surface area contributed by atoms with Gasteiger partial charge in [-0.25, -0.2) is 0 Å². The second-order valence-corrected chi connectivity index (χ2v) is 16.4. The summed E-state index contributed by atoms with van der Waals surface area (Å²) in [5, 5.41) is 0. The maximum Gasteiger partial charge on any atom is 0.306 e. The quantitative estimate of drug-likeness (QED) is 0.0200. The lowest BCUT2D eigenvalue weighted by Gasteiger charge is -2.18. The number of hydrogen-bond acceptors (Lipinski definition) is 6. The summed E-state index contributed by atoms with van der Waals surface area (Å²) >= 11 is 0. The summed E-state index contributed by atoms with van der Waals surface area (Å²) in [7, 11) is 0. The molecular weight excluding hydrogens is 757 g/mol. The second-order valence-electron chi connectivity index (χ2n) is 16.4. The van der Waals surface area contributed by atoms with Crippen LogP contribution in [0, 0.1) is 0 Å². The van der Waals surface area contributed by atoms with E-state index in [2.05, 4.69) is 69.4 Å². The van der Waals surface area contributed by atoms with Gasteiger partial charge in [-0.1, -0.05) is 196 Å². The van der Waals surface area contributed by atoms with Gasteiger partial charge in [-0.05, 0) is 96.3 Å². The van der Waals surface area contributed by atoms with E-state index >= 15 is 0 Å². The normalized spacial score (nSPS) is 12.8. The molecule has 0 amide bonds. The molecular formula is C55H92O6. The highest BCUT2D eigenvalue weighted by Crippen LogP contribution is 2.13. The zero-order chi connectivity index (χ0) is 44.4. The second kappa shape index (κ2) is 49.2. The van der Waals surface area contributed by atoms with Crippen molar-refractivity contribution in [3.05, 3.63) is 85.1 Å². The number of unbranched alkanes of at least 4 members (excludes halogenated alkanes) is 22. The smallest absolute Gasteiger partial charge is 0.306 e. The molecule has 0 saturated heterocycles. The molecule has 0 aromatic carbocycles. The van der Waals surface area contributed by atoms with E-state index < -0.39 is 6.10 Å². The highest BCUT2D eigenvalue weighted by atomic mass is 16.6. The number of carbonyl (C=O) groups excluding carboxylic acids is 3. The Bertz CT molecular complexity index is 1200. The van der Waals surface area contributed by atoms with Crippen LogP contribution in [0.2, 0.25) is 0 Å². The van der Waals surface area contributed by atoms with Crippen molar-refractivity contribution in [2.24, 2.45) is 0 Å². The van der Waals surface area contributed by atoms with Crippen LogP contribution in [-0.4, -0.2) is 37.2 Å². The molecule has 0 aliphatic carbocycles. The van der Waals surface area contributed by atoms with Crippen molar-refractivity contribution in [2.45, 2.75) is 232 Å². The summed E-state index contributed by atoms with van der Waals surface area (Å²) in [6.07, 6.45) is 62.8. The van der Waals surface area contributed by atoms with Crippen LogP contribution in [-0.2, 0) is 28.6 Å². The lowest BCUT2D eigenvalue weighted by Crippen LogP contribution is -2.30. The summed E-state index contributed by atoms with van der Waals surface area (Å²) in [5.74, 6) is -0.968. The van der Waals surface area contributed by atoms with Gasteiger partial charge in [-0.15, -0.1) is 0 Å². The number of esters is 3. The number of hydrogen-bond donors (Lipinski definition) is 0. The van der Waals surface area contributed by atoms with Crippen molar-refractivity contribution in [1.29, 1.82) is 0 Å².